The van der Waals surface area contributed by atoms with Gasteiger partial charge >= 0.3 is 139 Å². The first kappa shape index (κ1) is 96.1. The van der Waals surface area contributed by atoms with E-state index in [0.717, 1.165) is 23.8 Å². The first-order valence-electron chi connectivity index (χ1n) is 26.0. The first-order valence-corrected chi connectivity index (χ1v) is 31.1. The fourth-order valence-electron chi connectivity index (χ4n) is 5.12. The maximum atomic E-state index is 12.2. The van der Waals surface area contributed by atoms with E-state index in [1.165, 1.54) is 11.1 Å². The molecule has 0 saturated heterocycles. The predicted octanol–water partition coefficient (Wildman–Crippen LogP) is 4.59. The van der Waals surface area contributed by atoms with Crippen LogP contribution < -0.4 is 119 Å². The Morgan fingerprint density at radius 2 is 0.841 bits per heavy atom. The van der Waals surface area contributed by atoms with Crippen molar-refractivity contribution in [1.29, 1.82) is 0 Å². The number of rotatable bonds is 17. The van der Waals surface area contributed by atoms with Crippen LogP contribution in [0.3, 0.4) is 0 Å². The van der Waals surface area contributed by atoms with E-state index < -0.39 is 84.6 Å². The van der Waals surface area contributed by atoms with Gasteiger partial charge < -0.3 is 57.4 Å². The molecule has 0 aliphatic rings. The monoisotopic (exact) mass is 1360 g/mol. The van der Waals surface area contributed by atoms with E-state index in [-0.39, 0.29) is 146 Å². The van der Waals surface area contributed by atoms with Gasteiger partial charge in [0.05, 0.1) is 33.9 Å². The first-order chi connectivity index (χ1) is 39.4. The Balaban J connectivity index is -0.000000152. The number of nitrogens with two attached hydrogens (primary N) is 2. The number of carbonyl (C=O) groups excluding carboxylic acids is 5. The Kier molecular flexibility index (Phi) is 54.2. The van der Waals surface area contributed by atoms with Gasteiger partial charge in [-0.3, -0.25) is 23.6 Å². The summed E-state index contributed by atoms with van der Waals surface area (Å²) in [5.74, 6) is -8.06. The van der Waals surface area contributed by atoms with Gasteiger partial charge in [0.25, 0.3) is 6.47 Å². The van der Waals surface area contributed by atoms with E-state index in [1.54, 1.807) is 60.7 Å². The van der Waals surface area contributed by atoms with Crippen molar-refractivity contribution in [1.82, 2.24) is 0 Å². The summed E-state index contributed by atoms with van der Waals surface area (Å²) in [7, 11) is -3.46. The molecule has 0 radical (unpaired) electrons. The minimum atomic E-state index is -5.09. The van der Waals surface area contributed by atoms with Crippen LogP contribution >= 0.6 is 0 Å². The van der Waals surface area contributed by atoms with Crippen LogP contribution in [0.4, 0.5) is 43.9 Å². The van der Waals surface area contributed by atoms with E-state index in [2.05, 4.69) is 102 Å². The number of alkyl halides is 10. The quantitative estimate of drug-likeness (QED) is 0.0184. The third-order valence-electron chi connectivity index (χ3n) is 12.2. The number of hydrogen-bond acceptors (Lipinski definition) is 15. The van der Waals surface area contributed by atoms with Gasteiger partial charge in [-0.25, -0.2) is 9.59 Å². The minimum absolute atomic E-state index is 0. The maximum absolute atomic E-state index is 12.2. The molecular formula is C57H84F10K2N2O15Si2. The number of aliphatic hydroxyl groups excluding tert-OH is 2. The van der Waals surface area contributed by atoms with Crippen LogP contribution in [0.15, 0.2) is 97.1 Å². The molecule has 0 bridgehead atoms. The molecule has 88 heavy (non-hydrogen) atoms. The van der Waals surface area contributed by atoms with E-state index in [4.69, 9.17) is 47.1 Å². The van der Waals surface area contributed by atoms with E-state index in [0.29, 0.717) is 49.9 Å². The largest absolute Gasteiger partial charge is 1.00 e. The Bertz CT molecular complexity index is 2570. The topological polar surface area (TPSA) is 307 Å². The molecule has 0 unspecified atom stereocenters. The summed E-state index contributed by atoms with van der Waals surface area (Å²) >= 11 is 0. The number of carbonyl (C=O) groups is 6. The summed E-state index contributed by atoms with van der Waals surface area (Å²) in [6.45, 7) is 24.9. The SMILES string of the molecule is CC(=O)OC(=O)C(F)(F)F.CC(C)(C)[Si](C)(C)OCc1ccc(CCC(=O)C(F)(F)F)cc1.CC(C)(C)[Si](C)(C)OCc1ccc(CN)cc1.CO.NCc1ccc(C(=O)O)cc1.O.O=C(CCc1ccc(CO)cc1)C(F)(F)F.O=CO[O-].[2H]CF.[H-].[K+].[K+]. The average molecular weight is 1360 g/mol. The zero-order chi connectivity index (χ0) is 67.9. The molecule has 4 rings (SSSR count). The van der Waals surface area contributed by atoms with Crippen LogP contribution in [0, 0.1) is 0 Å². The number of carboxylic acids is 1. The van der Waals surface area contributed by atoms with Crippen molar-refractivity contribution >= 4 is 52.6 Å². The molecule has 0 aliphatic heterocycles. The number of carboxylic acid groups (broad SMARTS) is 1. The van der Waals surface area contributed by atoms with Crippen LogP contribution in [0.1, 0.15) is 113 Å². The van der Waals surface area contributed by atoms with Crippen molar-refractivity contribution in [2.24, 2.45) is 11.5 Å². The van der Waals surface area contributed by atoms with Crippen LogP contribution in [-0.4, -0.2) is 106 Å². The molecule has 0 amide bonds. The molecule has 0 saturated carbocycles. The van der Waals surface area contributed by atoms with E-state index in [9.17, 15) is 67.9 Å². The fourth-order valence-corrected chi connectivity index (χ4v) is 7.04. The molecule has 0 aliphatic carbocycles. The molecule has 0 aromatic heterocycles. The summed E-state index contributed by atoms with van der Waals surface area (Å²) < 4.78 is 137. The maximum Gasteiger partial charge on any atom is 1.00 e. The summed E-state index contributed by atoms with van der Waals surface area (Å²) in [6, 6.07) is 28.5. The molecule has 0 heterocycles. The second-order valence-corrected chi connectivity index (χ2v) is 30.1. The molecule has 492 valence electrons. The third kappa shape index (κ3) is 46.1. The molecular weight excluding hydrogens is 1280 g/mol. The van der Waals surface area contributed by atoms with Gasteiger partial charge in [0, 0.05) is 40.0 Å². The van der Waals surface area contributed by atoms with Crippen LogP contribution in [0.2, 0.25) is 36.3 Å². The van der Waals surface area contributed by atoms with E-state index in [1.807, 2.05) is 12.1 Å². The van der Waals surface area contributed by atoms with Crippen molar-refractivity contribution in [3.05, 3.63) is 142 Å². The normalized spacial score (nSPS) is 11.0. The Labute approximate surface area is 598 Å². The smallest absolute Gasteiger partial charge is 1.00 e. The van der Waals surface area contributed by atoms with Crippen molar-refractivity contribution < 1.29 is 223 Å². The Hall–Kier alpha value is -3.01. The molecule has 4 aromatic carbocycles. The second-order valence-electron chi connectivity index (χ2n) is 20.5. The predicted molar refractivity (Wildman–Crippen MR) is 307 cm³/mol. The fraction of sp³-hybridized carbons (Fsp3) is 0.474. The van der Waals surface area contributed by atoms with E-state index >= 15 is 0 Å². The van der Waals surface area contributed by atoms with Crippen molar-refractivity contribution in [3.8, 4) is 0 Å². The van der Waals surface area contributed by atoms with Crippen LogP contribution in [-0.2, 0) is 88.2 Å². The van der Waals surface area contributed by atoms with Crippen molar-refractivity contribution in [2.75, 3.05) is 14.3 Å². The summed E-state index contributed by atoms with van der Waals surface area (Å²) in [6.07, 6.45) is -15.5. The third-order valence-corrected chi connectivity index (χ3v) is 21.1. The summed E-state index contributed by atoms with van der Waals surface area (Å²) in [5.41, 5.74) is 17.6. The summed E-state index contributed by atoms with van der Waals surface area (Å²) in [4.78, 5) is 62.6. The number of aryl methyl sites for hydroxylation is 2. The molecule has 0 spiro atoms. The number of esters is 2. The molecule has 9 N–H and O–H groups in total. The average Bonchev–Trinajstić information content (AvgIpc) is 1.26. The van der Waals surface area contributed by atoms with Gasteiger partial charge in [0.15, 0.2) is 16.6 Å². The zero-order valence-electron chi connectivity index (χ0n) is 54.2. The van der Waals surface area contributed by atoms with Gasteiger partial charge in [-0.15, -0.1) is 0 Å². The van der Waals surface area contributed by atoms with Crippen LogP contribution in [0.25, 0.3) is 0 Å². The number of aromatic carboxylic acids is 1. The summed E-state index contributed by atoms with van der Waals surface area (Å²) in [5, 5.41) is 33.1. The van der Waals surface area contributed by atoms with Gasteiger partial charge in [-0.2, -0.15) is 39.5 Å². The molecule has 0 fully saturated rings. The second kappa shape index (κ2) is 49.6. The minimum Gasteiger partial charge on any atom is -1.00 e. The van der Waals surface area contributed by atoms with Crippen molar-refractivity contribution in [2.45, 2.75) is 162 Å². The van der Waals surface area contributed by atoms with Gasteiger partial charge in [-0.1, -0.05) is 126 Å². The number of benzene rings is 4. The molecule has 17 nitrogen and oxygen atoms in total. The molecule has 0 atom stereocenters. The van der Waals surface area contributed by atoms with Crippen LogP contribution in [0.5, 0.6) is 0 Å². The number of Topliss-reactive ketones (excluding diaryl/α,β-unsaturated/α-hetero) is 2. The standard InChI is InChI=1S/C17H25F3O2Si.C14H25NOSi.C11H11F3O2.C8H9NO2.C4H3F3O3.CH3F.CH2O3.CH4O.2K.H2O.H/c1-16(2,3)23(4,5)22-12-14-8-6-13(7-9-14)10-11-15(21)17(18,19)20;1-14(2,3)17(4,5)16-11-13-8-6-12(10-15)7-9-13;12-11(13,14)10(16)6-5-8-1-3-9(7-15)4-2-8;9-5-6-1-3-7(4-2-6)8(10)11;1-2(8)10-3(9)4(5,6)7;1-2;2-1-4-3;1-2;;;;/h6-9H,10-12H2,1-5H3;6-9H,10-11,15H2,1-5H3;1-4,15H,5-7H2;1-4H,5,9H2,(H,10,11);1H3;1H3;1,3H;2H,1H3;;;1H2;/q;;;;;;;;2*+1;;-1/p-1/i;;;;;1D;;;;;;. The molecule has 4 aromatic rings. The zero-order valence-corrected chi connectivity index (χ0v) is 60.4. The van der Waals surface area contributed by atoms with Crippen molar-refractivity contribution in [3.63, 3.8) is 0 Å². The Morgan fingerprint density at radius 1 is 0.580 bits per heavy atom. The van der Waals surface area contributed by atoms with Gasteiger partial charge in [-0.05, 0) is 100 Å². The molecule has 31 heteroatoms. The van der Waals surface area contributed by atoms with Gasteiger partial charge in [0.1, 0.15) is 0 Å². The number of halogens is 10. The number of ether oxygens (including phenoxy) is 1. The van der Waals surface area contributed by atoms with Gasteiger partial charge in [0.2, 0.25) is 11.6 Å². The number of aliphatic hydroxyl groups is 2. The Morgan fingerprint density at radius 3 is 1.05 bits per heavy atom. The number of ketones is 2. The number of hydrogen-bond donors (Lipinski definition) is 5.